The molecule has 4 rings (SSSR count). The molecule has 1 aliphatic heterocycles. The van der Waals surface area contributed by atoms with Gasteiger partial charge in [0, 0.05) is 18.0 Å². The average Bonchev–Trinajstić information content (AvgIpc) is 3.29. The first-order chi connectivity index (χ1) is 11.3. The van der Waals surface area contributed by atoms with Crippen molar-refractivity contribution in [1.82, 2.24) is 30.3 Å². The summed E-state index contributed by atoms with van der Waals surface area (Å²) in [5, 5.41) is 17.9. The van der Waals surface area contributed by atoms with Gasteiger partial charge < -0.3 is 0 Å². The molecule has 1 aromatic carbocycles. The van der Waals surface area contributed by atoms with Gasteiger partial charge in [-0.2, -0.15) is 5.10 Å². The van der Waals surface area contributed by atoms with Crippen LogP contribution in [-0.4, -0.2) is 43.4 Å². The Morgan fingerprint density at radius 1 is 1.26 bits per heavy atom. The van der Waals surface area contributed by atoms with E-state index in [-0.39, 0.29) is 0 Å². The number of hydrogen-bond donors (Lipinski definition) is 1. The number of rotatable bonds is 4. The molecule has 0 spiro atoms. The highest BCUT2D eigenvalue weighted by atomic mass is 32.1. The van der Waals surface area contributed by atoms with Crippen molar-refractivity contribution in [1.29, 1.82) is 0 Å². The van der Waals surface area contributed by atoms with Gasteiger partial charge in [0.2, 0.25) is 0 Å². The Kier molecular flexibility index (Phi) is 3.88. The quantitative estimate of drug-likeness (QED) is 0.798. The highest BCUT2D eigenvalue weighted by Crippen LogP contribution is 2.28. The standard InChI is InChI=1S/C16H18N6S/c1-11-17-15(20-18-11)13-7-8-22(9-13)10-14-19-21-16(23-14)12-5-3-2-4-6-12/h2-6,13H,7-10H2,1H3,(H,17,18,20). The molecule has 23 heavy (non-hydrogen) atoms. The number of nitrogens with one attached hydrogen (secondary N) is 1. The Hall–Kier alpha value is -2.12. The molecule has 1 N–H and O–H groups in total. The highest BCUT2D eigenvalue weighted by Gasteiger charge is 2.27. The van der Waals surface area contributed by atoms with Gasteiger partial charge in [-0.25, -0.2) is 4.98 Å². The number of H-pyrrole nitrogens is 1. The third-order valence-corrected chi connectivity index (χ3v) is 5.06. The molecule has 0 radical (unpaired) electrons. The smallest absolute Gasteiger partial charge is 0.155 e. The minimum atomic E-state index is 0.418. The van der Waals surface area contributed by atoms with E-state index in [1.165, 1.54) is 0 Å². The van der Waals surface area contributed by atoms with E-state index in [4.69, 9.17) is 0 Å². The zero-order valence-corrected chi connectivity index (χ0v) is 13.8. The molecule has 3 aromatic rings. The van der Waals surface area contributed by atoms with Crippen molar-refractivity contribution in [3.8, 4) is 10.6 Å². The van der Waals surface area contributed by atoms with Crippen molar-refractivity contribution >= 4 is 11.3 Å². The van der Waals surface area contributed by atoms with Crippen LogP contribution in [0.15, 0.2) is 30.3 Å². The first-order valence-corrected chi connectivity index (χ1v) is 8.58. The molecular weight excluding hydrogens is 308 g/mol. The summed E-state index contributed by atoms with van der Waals surface area (Å²) >= 11 is 1.67. The normalized spacial score (nSPS) is 18.6. The second-order valence-electron chi connectivity index (χ2n) is 5.87. The SMILES string of the molecule is Cc1nc(C2CCN(Cc3nnc(-c4ccccc4)s3)C2)n[nH]1. The maximum atomic E-state index is 4.46. The van der Waals surface area contributed by atoms with Gasteiger partial charge in [0.15, 0.2) is 5.82 Å². The number of likely N-dealkylation sites (tertiary alicyclic amines) is 1. The Labute approximate surface area is 138 Å². The minimum Gasteiger partial charge on any atom is -0.296 e. The summed E-state index contributed by atoms with van der Waals surface area (Å²) in [5.41, 5.74) is 1.13. The molecule has 1 saturated heterocycles. The van der Waals surface area contributed by atoms with Crippen LogP contribution in [-0.2, 0) is 6.54 Å². The lowest BCUT2D eigenvalue weighted by atomic mass is 10.1. The Morgan fingerprint density at radius 2 is 2.13 bits per heavy atom. The highest BCUT2D eigenvalue weighted by molar-refractivity contribution is 7.14. The zero-order chi connectivity index (χ0) is 15.6. The Morgan fingerprint density at radius 3 is 2.91 bits per heavy atom. The van der Waals surface area contributed by atoms with Crippen molar-refractivity contribution in [2.45, 2.75) is 25.8 Å². The predicted octanol–water partition coefficient (Wildman–Crippen LogP) is 2.62. The zero-order valence-electron chi connectivity index (χ0n) is 12.9. The van der Waals surface area contributed by atoms with E-state index in [1.54, 1.807) is 11.3 Å². The summed E-state index contributed by atoms with van der Waals surface area (Å²) in [4.78, 5) is 6.87. The summed E-state index contributed by atoms with van der Waals surface area (Å²) in [6.07, 6.45) is 1.10. The second kappa shape index (κ2) is 6.17. The largest absolute Gasteiger partial charge is 0.296 e. The van der Waals surface area contributed by atoms with Crippen molar-refractivity contribution in [2.24, 2.45) is 0 Å². The lowest BCUT2D eigenvalue weighted by molar-refractivity contribution is 0.324. The molecule has 0 aliphatic carbocycles. The van der Waals surface area contributed by atoms with Crippen LogP contribution in [0.4, 0.5) is 0 Å². The van der Waals surface area contributed by atoms with Gasteiger partial charge in [-0.3, -0.25) is 10.00 Å². The Balaban J connectivity index is 1.41. The first-order valence-electron chi connectivity index (χ1n) is 7.77. The second-order valence-corrected chi connectivity index (χ2v) is 6.93. The number of aromatic nitrogens is 5. The fourth-order valence-electron chi connectivity index (χ4n) is 2.94. The molecule has 0 bridgehead atoms. The van der Waals surface area contributed by atoms with E-state index in [0.29, 0.717) is 5.92 Å². The first kappa shape index (κ1) is 14.5. The molecule has 1 fully saturated rings. The number of hydrogen-bond acceptors (Lipinski definition) is 6. The molecule has 118 valence electrons. The fourth-order valence-corrected chi connectivity index (χ4v) is 3.82. The molecule has 1 unspecified atom stereocenters. The fraction of sp³-hybridized carbons (Fsp3) is 0.375. The van der Waals surface area contributed by atoms with Crippen LogP contribution in [0.25, 0.3) is 10.6 Å². The number of nitrogens with zero attached hydrogens (tertiary/aromatic N) is 5. The van der Waals surface area contributed by atoms with Crippen LogP contribution in [0.5, 0.6) is 0 Å². The summed E-state index contributed by atoms with van der Waals surface area (Å²) in [6.45, 7) is 4.83. The van der Waals surface area contributed by atoms with Crippen molar-refractivity contribution in [3.05, 3.63) is 47.0 Å². The molecule has 0 amide bonds. The van der Waals surface area contributed by atoms with Gasteiger partial charge in [0.1, 0.15) is 15.8 Å². The number of aryl methyl sites for hydroxylation is 1. The maximum absolute atomic E-state index is 4.46. The molecule has 2 aromatic heterocycles. The summed E-state index contributed by atoms with van der Waals surface area (Å²) < 4.78 is 0. The lowest BCUT2D eigenvalue weighted by Crippen LogP contribution is -2.19. The summed E-state index contributed by atoms with van der Waals surface area (Å²) in [5.74, 6) is 2.24. The van der Waals surface area contributed by atoms with E-state index in [0.717, 1.165) is 53.3 Å². The molecule has 1 aliphatic rings. The van der Waals surface area contributed by atoms with Crippen LogP contribution < -0.4 is 0 Å². The molecule has 3 heterocycles. The summed E-state index contributed by atoms with van der Waals surface area (Å²) in [7, 11) is 0. The Bertz CT molecular complexity index is 781. The maximum Gasteiger partial charge on any atom is 0.155 e. The van der Waals surface area contributed by atoms with E-state index in [1.807, 2.05) is 25.1 Å². The molecule has 1 atom stereocenters. The van der Waals surface area contributed by atoms with Gasteiger partial charge >= 0.3 is 0 Å². The van der Waals surface area contributed by atoms with Crippen LogP contribution >= 0.6 is 11.3 Å². The third kappa shape index (κ3) is 3.16. The minimum absolute atomic E-state index is 0.418. The number of benzene rings is 1. The molecule has 0 saturated carbocycles. The summed E-state index contributed by atoms with van der Waals surface area (Å²) in [6, 6.07) is 10.2. The lowest BCUT2D eigenvalue weighted by Gasteiger charge is -2.12. The van der Waals surface area contributed by atoms with Gasteiger partial charge in [-0.1, -0.05) is 41.7 Å². The van der Waals surface area contributed by atoms with Gasteiger partial charge in [0.05, 0.1) is 6.54 Å². The van der Waals surface area contributed by atoms with Gasteiger partial charge in [-0.05, 0) is 19.9 Å². The molecule has 6 nitrogen and oxygen atoms in total. The monoisotopic (exact) mass is 326 g/mol. The predicted molar refractivity (Wildman–Crippen MR) is 89.1 cm³/mol. The van der Waals surface area contributed by atoms with Gasteiger partial charge in [0.25, 0.3) is 0 Å². The average molecular weight is 326 g/mol. The van der Waals surface area contributed by atoms with E-state index < -0.39 is 0 Å². The van der Waals surface area contributed by atoms with E-state index in [9.17, 15) is 0 Å². The molecular formula is C16H18N6S. The van der Waals surface area contributed by atoms with Crippen molar-refractivity contribution in [2.75, 3.05) is 13.1 Å². The van der Waals surface area contributed by atoms with Crippen LogP contribution in [0.3, 0.4) is 0 Å². The van der Waals surface area contributed by atoms with Crippen molar-refractivity contribution in [3.63, 3.8) is 0 Å². The molecule has 7 heteroatoms. The van der Waals surface area contributed by atoms with E-state index >= 15 is 0 Å². The van der Waals surface area contributed by atoms with Crippen molar-refractivity contribution < 1.29 is 0 Å². The van der Waals surface area contributed by atoms with Gasteiger partial charge in [-0.15, -0.1) is 10.2 Å². The topological polar surface area (TPSA) is 70.6 Å². The van der Waals surface area contributed by atoms with Crippen LogP contribution in [0.1, 0.15) is 29.0 Å². The van der Waals surface area contributed by atoms with Crippen LogP contribution in [0, 0.1) is 6.92 Å². The third-order valence-electron chi connectivity index (χ3n) is 4.10. The van der Waals surface area contributed by atoms with Crippen LogP contribution in [0.2, 0.25) is 0 Å². The number of aromatic amines is 1. The van der Waals surface area contributed by atoms with E-state index in [2.05, 4.69) is 42.4 Å².